The van der Waals surface area contributed by atoms with Gasteiger partial charge in [0.2, 0.25) is 0 Å². The summed E-state index contributed by atoms with van der Waals surface area (Å²) in [7, 11) is 0. The highest BCUT2D eigenvalue weighted by molar-refractivity contribution is 5.27. The fourth-order valence-corrected chi connectivity index (χ4v) is 1.58. The van der Waals surface area contributed by atoms with Gasteiger partial charge in [-0.15, -0.1) is 0 Å². The van der Waals surface area contributed by atoms with Crippen LogP contribution < -0.4 is 10.1 Å². The second-order valence-electron chi connectivity index (χ2n) is 4.78. The molecule has 2 nitrogen and oxygen atoms in total. The number of aryl methyl sites for hydroxylation is 1. The minimum atomic E-state index is 0.740. The lowest BCUT2D eigenvalue weighted by Crippen LogP contribution is -2.23. The fraction of sp³-hybridized carbons (Fsp3) is 0.600. The summed E-state index contributed by atoms with van der Waals surface area (Å²) in [5, 5.41) is 3.38. The van der Waals surface area contributed by atoms with Gasteiger partial charge in [0.1, 0.15) is 12.4 Å². The predicted molar refractivity (Wildman–Crippen MR) is 73.6 cm³/mol. The third-order valence-corrected chi connectivity index (χ3v) is 2.78. The van der Waals surface area contributed by atoms with Crippen LogP contribution in [-0.2, 0) is 6.42 Å². The maximum absolute atomic E-state index is 5.65. The monoisotopic (exact) mass is 235 g/mol. The molecule has 0 spiro atoms. The van der Waals surface area contributed by atoms with Crippen molar-refractivity contribution in [2.24, 2.45) is 5.92 Å². The summed E-state index contributed by atoms with van der Waals surface area (Å²) in [6.45, 7) is 9.39. The van der Waals surface area contributed by atoms with Gasteiger partial charge < -0.3 is 10.1 Å². The van der Waals surface area contributed by atoms with E-state index >= 15 is 0 Å². The number of hydrogen-bond donors (Lipinski definition) is 1. The first-order valence-corrected chi connectivity index (χ1v) is 6.64. The van der Waals surface area contributed by atoms with Crippen molar-refractivity contribution in [3.63, 3.8) is 0 Å². The zero-order valence-electron chi connectivity index (χ0n) is 11.3. The topological polar surface area (TPSA) is 21.3 Å². The van der Waals surface area contributed by atoms with E-state index in [9.17, 15) is 0 Å². The molecule has 0 amide bonds. The zero-order valence-corrected chi connectivity index (χ0v) is 11.3. The van der Waals surface area contributed by atoms with Crippen LogP contribution in [0.3, 0.4) is 0 Å². The Kier molecular flexibility index (Phi) is 6.71. The van der Waals surface area contributed by atoms with Crippen LogP contribution in [0.1, 0.15) is 32.8 Å². The average molecular weight is 235 g/mol. The van der Waals surface area contributed by atoms with Gasteiger partial charge in [0.15, 0.2) is 0 Å². The van der Waals surface area contributed by atoms with Gasteiger partial charge in [-0.1, -0.05) is 32.9 Å². The van der Waals surface area contributed by atoms with Crippen LogP contribution in [0.15, 0.2) is 24.3 Å². The van der Waals surface area contributed by atoms with Gasteiger partial charge in [0, 0.05) is 6.54 Å². The van der Waals surface area contributed by atoms with E-state index in [4.69, 9.17) is 4.74 Å². The van der Waals surface area contributed by atoms with Crippen molar-refractivity contribution < 1.29 is 4.74 Å². The Hall–Kier alpha value is -1.02. The summed E-state index contributed by atoms with van der Waals surface area (Å²) in [5.41, 5.74) is 1.35. The second kappa shape index (κ2) is 8.13. The SMILES string of the molecule is CCc1ccc(OCCNCCC(C)C)cc1. The highest BCUT2D eigenvalue weighted by Gasteiger charge is 1.95. The van der Waals surface area contributed by atoms with Crippen LogP contribution in [0.4, 0.5) is 0 Å². The number of hydrogen-bond acceptors (Lipinski definition) is 2. The van der Waals surface area contributed by atoms with E-state index in [1.54, 1.807) is 0 Å². The molecule has 0 aliphatic carbocycles. The van der Waals surface area contributed by atoms with Gasteiger partial charge in [-0.3, -0.25) is 0 Å². The van der Waals surface area contributed by atoms with Crippen molar-refractivity contribution in [2.75, 3.05) is 19.7 Å². The summed E-state index contributed by atoms with van der Waals surface area (Å²) >= 11 is 0. The first-order valence-electron chi connectivity index (χ1n) is 6.64. The maximum Gasteiger partial charge on any atom is 0.119 e. The van der Waals surface area contributed by atoms with Gasteiger partial charge in [-0.25, -0.2) is 0 Å². The van der Waals surface area contributed by atoms with Crippen molar-refractivity contribution in [1.29, 1.82) is 0 Å². The molecule has 0 saturated heterocycles. The van der Waals surface area contributed by atoms with Gasteiger partial charge in [0.25, 0.3) is 0 Å². The first-order chi connectivity index (χ1) is 8.22. The van der Waals surface area contributed by atoms with Crippen molar-refractivity contribution in [3.8, 4) is 5.75 Å². The molecule has 0 saturated carbocycles. The molecule has 1 N–H and O–H groups in total. The van der Waals surface area contributed by atoms with Crippen LogP contribution in [-0.4, -0.2) is 19.7 Å². The summed E-state index contributed by atoms with van der Waals surface area (Å²) in [4.78, 5) is 0. The lowest BCUT2D eigenvalue weighted by atomic mass is 10.1. The largest absolute Gasteiger partial charge is 0.492 e. The molecule has 0 radical (unpaired) electrons. The maximum atomic E-state index is 5.65. The Labute approximate surface area is 105 Å². The minimum Gasteiger partial charge on any atom is -0.492 e. The molecule has 17 heavy (non-hydrogen) atoms. The number of benzene rings is 1. The molecule has 0 bridgehead atoms. The Balaban J connectivity index is 2.09. The van der Waals surface area contributed by atoms with E-state index in [2.05, 4.69) is 38.2 Å². The first kappa shape index (κ1) is 14.0. The lowest BCUT2D eigenvalue weighted by Gasteiger charge is -2.09. The fourth-order valence-electron chi connectivity index (χ4n) is 1.58. The number of rotatable bonds is 8. The summed E-state index contributed by atoms with van der Waals surface area (Å²) in [5.74, 6) is 1.73. The molecule has 0 atom stereocenters. The molecule has 0 heterocycles. The van der Waals surface area contributed by atoms with E-state index < -0.39 is 0 Å². The smallest absolute Gasteiger partial charge is 0.119 e. The molecular formula is C15H25NO. The van der Waals surface area contributed by atoms with E-state index in [-0.39, 0.29) is 0 Å². The van der Waals surface area contributed by atoms with Crippen molar-refractivity contribution in [2.45, 2.75) is 33.6 Å². The Bertz CT molecular complexity index is 292. The van der Waals surface area contributed by atoms with E-state index in [1.807, 2.05) is 12.1 Å². The average Bonchev–Trinajstić information content (AvgIpc) is 2.34. The molecule has 1 aromatic carbocycles. The molecule has 1 aromatic rings. The third kappa shape index (κ3) is 6.32. The van der Waals surface area contributed by atoms with Crippen molar-refractivity contribution >= 4 is 0 Å². The van der Waals surface area contributed by atoms with E-state index in [1.165, 1.54) is 12.0 Å². The normalized spacial score (nSPS) is 10.8. The Morgan fingerprint density at radius 1 is 1.12 bits per heavy atom. The summed E-state index contributed by atoms with van der Waals surface area (Å²) in [6, 6.07) is 8.35. The molecule has 1 rings (SSSR count). The number of nitrogens with one attached hydrogen (secondary N) is 1. The molecule has 0 aliphatic heterocycles. The van der Waals surface area contributed by atoms with Gasteiger partial charge in [-0.05, 0) is 43.0 Å². The molecule has 0 fully saturated rings. The van der Waals surface area contributed by atoms with E-state index in [0.29, 0.717) is 0 Å². The van der Waals surface area contributed by atoms with Gasteiger partial charge in [-0.2, -0.15) is 0 Å². The van der Waals surface area contributed by atoms with Crippen LogP contribution >= 0.6 is 0 Å². The highest BCUT2D eigenvalue weighted by atomic mass is 16.5. The quantitative estimate of drug-likeness (QED) is 0.698. The molecule has 0 aliphatic rings. The predicted octanol–water partition coefficient (Wildman–Crippen LogP) is 3.26. The van der Waals surface area contributed by atoms with Gasteiger partial charge in [0.05, 0.1) is 0 Å². The standard InChI is InChI=1S/C15H25NO/c1-4-14-5-7-15(8-6-14)17-12-11-16-10-9-13(2)3/h5-8,13,16H,4,9-12H2,1-3H3. The molecule has 0 unspecified atom stereocenters. The van der Waals surface area contributed by atoms with Crippen LogP contribution in [0.25, 0.3) is 0 Å². The van der Waals surface area contributed by atoms with Crippen molar-refractivity contribution in [3.05, 3.63) is 29.8 Å². The highest BCUT2D eigenvalue weighted by Crippen LogP contribution is 2.11. The molecule has 0 aromatic heterocycles. The van der Waals surface area contributed by atoms with Crippen LogP contribution in [0, 0.1) is 5.92 Å². The van der Waals surface area contributed by atoms with Crippen LogP contribution in [0.5, 0.6) is 5.75 Å². The van der Waals surface area contributed by atoms with Crippen molar-refractivity contribution in [1.82, 2.24) is 5.32 Å². The molecular weight excluding hydrogens is 210 g/mol. The zero-order chi connectivity index (χ0) is 12.5. The van der Waals surface area contributed by atoms with E-state index in [0.717, 1.165) is 37.8 Å². The summed E-state index contributed by atoms with van der Waals surface area (Å²) < 4.78 is 5.65. The van der Waals surface area contributed by atoms with Gasteiger partial charge >= 0.3 is 0 Å². The lowest BCUT2D eigenvalue weighted by molar-refractivity contribution is 0.312. The Morgan fingerprint density at radius 3 is 2.41 bits per heavy atom. The molecule has 96 valence electrons. The minimum absolute atomic E-state index is 0.740. The third-order valence-electron chi connectivity index (χ3n) is 2.78. The summed E-state index contributed by atoms with van der Waals surface area (Å²) in [6.07, 6.45) is 2.31. The second-order valence-corrected chi connectivity index (χ2v) is 4.78. The molecule has 2 heteroatoms. The van der Waals surface area contributed by atoms with Crippen LogP contribution in [0.2, 0.25) is 0 Å². The number of ether oxygens (including phenoxy) is 1. The Morgan fingerprint density at radius 2 is 1.82 bits per heavy atom.